The lowest BCUT2D eigenvalue weighted by Crippen LogP contribution is -2.40. The summed E-state index contributed by atoms with van der Waals surface area (Å²) >= 11 is 0. The van der Waals surface area contributed by atoms with E-state index in [-0.39, 0.29) is 12.6 Å². The van der Waals surface area contributed by atoms with Gasteiger partial charge in [-0.3, -0.25) is 9.48 Å². The van der Waals surface area contributed by atoms with E-state index in [0.29, 0.717) is 17.6 Å². The molecule has 120 valence electrons. The Hall–Kier alpha value is -2.09. The molecule has 0 bridgehead atoms. The molecule has 3 N–H and O–H groups in total. The zero-order chi connectivity index (χ0) is 15.5. The number of aromatic nitrogens is 2. The van der Waals surface area contributed by atoms with Gasteiger partial charge in [0.25, 0.3) is 0 Å². The molecule has 3 amide bonds. The number of carbonyl (C=O) groups is 2. The largest absolute Gasteiger partial charge is 0.381 e. The van der Waals surface area contributed by atoms with Gasteiger partial charge in [0, 0.05) is 31.3 Å². The van der Waals surface area contributed by atoms with Gasteiger partial charge in [-0.15, -0.1) is 0 Å². The minimum absolute atomic E-state index is 0.00161. The molecular formula is C14H21N5O3. The van der Waals surface area contributed by atoms with Crippen LogP contribution in [-0.2, 0) is 16.1 Å². The van der Waals surface area contributed by atoms with Gasteiger partial charge in [0.15, 0.2) is 0 Å². The van der Waals surface area contributed by atoms with Crippen molar-refractivity contribution in [3.05, 3.63) is 12.4 Å². The van der Waals surface area contributed by atoms with E-state index in [1.165, 1.54) is 10.9 Å². The van der Waals surface area contributed by atoms with Gasteiger partial charge >= 0.3 is 6.03 Å². The summed E-state index contributed by atoms with van der Waals surface area (Å²) in [4.78, 5) is 25.2. The van der Waals surface area contributed by atoms with Gasteiger partial charge < -0.3 is 20.7 Å². The van der Waals surface area contributed by atoms with Crippen molar-refractivity contribution in [2.24, 2.45) is 11.7 Å². The summed E-state index contributed by atoms with van der Waals surface area (Å²) in [5.41, 5.74) is 5.68. The summed E-state index contributed by atoms with van der Waals surface area (Å²) in [6.07, 6.45) is 6.24. The molecule has 1 aliphatic carbocycles. The Morgan fingerprint density at radius 3 is 2.91 bits per heavy atom. The quantitative estimate of drug-likeness (QED) is 0.794. The molecule has 0 radical (unpaired) electrons. The van der Waals surface area contributed by atoms with E-state index in [4.69, 9.17) is 10.5 Å². The molecule has 1 atom stereocenters. The Labute approximate surface area is 128 Å². The molecule has 1 unspecified atom stereocenters. The Morgan fingerprint density at radius 1 is 1.45 bits per heavy atom. The number of carbonyl (C=O) groups excluding carboxylic acids is 2. The van der Waals surface area contributed by atoms with Crippen molar-refractivity contribution in [3.63, 3.8) is 0 Å². The normalized spacial score (nSPS) is 20.8. The van der Waals surface area contributed by atoms with Crippen molar-refractivity contribution >= 4 is 17.6 Å². The number of nitrogens with zero attached hydrogens (tertiary/aromatic N) is 3. The first-order valence-corrected chi connectivity index (χ1v) is 7.58. The van der Waals surface area contributed by atoms with Gasteiger partial charge in [-0.25, -0.2) is 4.79 Å². The van der Waals surface area contributed by atoms with Gasteiger partial charge in [0.1, 0.15) is 6.54 Å². The second-order valence-electron chi connectivity index (χ2n) is 5.94. The predicted octanol–water partition coefficient (Wildman–Crippen LogP) is 0.401. The summed E-state index contributed by atoms with van der Waals surface area (Å²) in [6, 6.07) is 0.217. The number of rotatable bonds is 6. The predicted molar refractivity (Wildman–Crippen MR) is 79.1 cm³/mol. The number of urea groups is 1. The number of nitrogens with one attached hydrogen (secondary N) is 1. The zero-order valence-electron chi connectivity index (χ0n) is 12.4. The van der Waals surface area contributed by atoms with E-state index in [0.717, 1.165) is 39.0 Å². The number of hydrogen-bond donors (Lipinski definition) is 2. The third-order valence-electron chi connectivity index (χ3n) is 3.93. The highest BCUT2D eigenvalue weighted by atomic mass is 16.5. The van der Waals surface area contributed by atoms with Gasteiger partial charge in [-0.2, -0.15) is 5.10 Å². The zero-order valence-corrected chi connectivity index (χ0v) is 12.4. The molecule has 8 nitrogen and oxygen atoms in total. The molecule has 8 heteroatoms. The molecule has 0 spiro atoms. The lowest BCUT2D eigenvalue weighted by molar-refractivity contribution is -0.118. The summed E-state index contributed by atoms with van der Waals surface area (Å²) < 4.78 is 6.79. The van der Waals surface area contributed by atoms with Crippen LogP contribution in [0.1, 0.15) is 19.3 Å². The molecule has 2 heterocycles. The molecule has 1 saturated carbocycles. The van der Waals surface area contributed by atoms with Crippen LogP contribution in [0.25, 0.3) is 0 Å². The molecule has 1 aromatic heterocycles. The Kier molecular flexibility index (Phi) is 4.28. The third-order valence-corrected chi connectivity index (χ3v) is 3.93. The topological polar surface area (TPSA) is 102 Å². The lowest BCUT2D eigenvalue weighted by Gasteiger charge is -2.25. The Balaban J connectivity index is 1.58. The van der Waals surface area contributed by atoms with Crippen molar-refractivity contribution in [2.45, 2.75) is 31.8 Å². The van der Waals surface area contributed by atoms with Crippen LogP contribution in [0.2, 0.25) is 0 Å². The maximum atomic E-state index is 12.5. The average Bonchev–Trinajstić information content (AvgIpc) is 2.99. The van der Waals surface area contributed by atoms with E-state index < -0.39 is 5.91 Å². The van der Waals surface area contributed by atoms with Crippen LogP contribution in [-0.4, -0.2) is 52.4 Å². The fraction of sp³-hybridized carbons (Fsp3) is 0.643. The summed E-state index contributed by atoms with van der Waals surface area (Å²) in [6.45, 7) is 2.24. The first-order valence-electron chi connectivity index (χ1n) is 7.58. The highest BCUT2D eigenvalue weighted by Crippen LogP contribution is 2.29. The molecule has 3 rings (SSSR count). The summed E-state index contributed by atoms with van der Waals surface area (Å²) in [5, 5.41) is 6.84. The van der Waals surface area contributed by atoms with Crippen molar-refractivity contribution in [1.82, 2.24) is 14.7 Å². The molecule has 1 saturated heterocycles. The Morgan fingerprint density at radius 2 is 2.27 bits per heavy atom. The molecule has 22 heavy (non-hydrogen) atoms. The van der Waals surface area contributed by atoms with Crippen molar-refractivity contribution in [2.75, 3.05) is 25.1 Å². The fourth-order valence-electron chi connectivity index (χ4n) is 2.66. The Bertz CT molecular complexity index is 548. The van der Waals surface area contributed by atoms with Crippen LogP contribution in [0.5, 0.6) is 0 Å². The molecule has 2 fully saturated rings. The summed E-state index contributed by atoms with van der Waals surface area (Å²) in [5.74, 6) is -0.0502. The highest BCUT2D eigenvalue weighted by molar-refractivity contribution is 5.89. The van der Waals surface area contributed by atoms with Crippen LogP contribution in [0.15, 0.2) is 12.4 Å². The third kappa shape index (κ3) is 3.76. The van der Waals surface area contributed by atoms with Crippen molar-refractivity contribution in [3.8, 4) is 0 Å². The molecule has 1 aliphatic heterocycles. The van der Waals surface area contributed by atoms with E-state index in [1.807, 2.05) is 4.90 Å². The number of primary amides is 1. The standard InChI is InChI=1S/C14H21N5O3/c15-13(20)8-18-7-11(5-16-18)17-14(21)19(12-1-2-12)6-10-3-4-22-9-10/h5,7,10,12H,1-4,6,8-9H2,(H2,15,20)(H,17,21). The lowest BCUT2D eigenvalue weighted by atomic mass is 10.1. The second kappa shape index (κ2) is 6.35. The van der Waals surface area contributed by atoms with Crippen molar-refractivity contribution < 1.29 is 14.3 Å². The maximum Gasteiger partial charge on any atom is 0.322 e. The monoisotopic (exact) mass is 307 g/mol. The minimum atomic E-state index is -0.471. The smallest absolute Gasteiger partial charge is 0.322 e. The molecule has 0 aromatic carbocycles. The van der Waals surface area contributed by atoms with E-state index in [9.17, 15) is 9.59 Å². The van der Waals surface area contributed by atoms with Crippen LogP contribution >= 0.6 is 0 Å². The maximum absolute atomic E-state index is 12.5. The number of nitrogens with two attached hydrogens (primary N) is 1. The number of ether oxygens (including phenoxy) is 1. The molecule has 1 aromatic rings. The summed E-state index contributed by atoms with van der Waals surface area (Å²) in [7, 11) is 0. The van der Waals surface area contributed by atoms with Gasteiger partial charge in [-0.1, -0.05) is 0 Å². The SMILES string of the molecule is NC(=O)Cn1cc(NC(=O)N(CC2CCOC2)C2CC2)cn1. The van der Waals surface area contributed by atoms with Crippen LogP contribution in [0.4, 0.5) is 10.5 Å². The van der Waals surface area contributed by atoms with Gasteiger partial charge in [0.2, 0.25) is 5.91 Å². The van der Waals surface area contributed by atoms with Crippen LogP contribution in [0.3, 0.4) is 0 Å². The highest BCUT2D eigenvalue weighted by Gasteiger charge is 2.35. The van der Waals surface area contributed by atoms with E-state index >= 15 is 0 Å². The molecular weight excluding hydrogens is 286 g/mol. The first kappa shape index (κ1) is 14.8. The molecule has 2 aliphatic rings. The van der Waals surface area contributed by atoms with Gasteiger partial charge in [-0.05, 0) is 19.3 Å². The number of anilines is 1. The number of hydrogen-bond acceptors (Lipinski definition) is 4. The van der Waals surface area contributed by atoms with Crippen LogP contribution in [0, 0.1) is 5.92 Å². The van der Waals surface area contributed by atoms with Gasteiger partial charge in [0.05, 0.1) is 18.5 Å². The minimum Gasteiger partial charge on any atom is -0.381 e. The van der Waals surface area contributed by atoms with Crippen LogP contribution < -0.4 is 11.1 Å². The second-order valence-corrected chi connectivity index (χ2v) is 5.94. The first-order chi connectivity index (χ1) is 10.6. The average molecular weight is 307 g/mol. The van der Waals surface area contributed by atoms with E-state index in [2.05, 4.69) is 10.4 Å². The van der Waals surface area contributed by atoms with Crippen molar-refractivity contribution in [1.29, 1.82) is 0 Å². The number of amides is 3. The fourth-order valence-corrected chi connectivity index (χ4v) is 2.66. The van der Waals surface area contributed by atoms with E-state index in [1.54, 1.807) is 6.20 Å².